The minimum atomic E-state index is -4.84. The molecule has 0 aliphatic rings. The summed E-state index contributed by atoms with van der Waals surface area (Å²) < 4.78 is 45.6. The van der Waals surface area contributed by atoms with Gasteiger partial charge in [0.1, 0.15) is 5.56 Å². The standard InChI is InChI=1S/C17H18F3N3O4/c1-3-27-16(26)13-9-22-23(14(13)17(18,19)20)12-6-4-11(5-7-12)15(25)21-8-10(2)24/h4-7,9-10,24H,3,8H2,1-2H3,(H,21,25). The molecule has 1 heterocycles. The summed E-state index contributed by atoms with van der Waals surface area (Å²) in [5.41, 5.74) is -1.73. The van der Waals surface area contributed by atoms with Crippen molar-refractivity contribution >= 4 is 11.9 Å². The number of carbonyl (C=O) groups excluding carboxylic acids is 2. The highest BCUT2D eigenvalue weighted by molar-refractivity contribution is 5.94. The third kappa shape index (κ3) is 4.85. The number of esters is 1. The van der Waals surface area contributed by atoms with Crippen LogP contribution in [0.4, 0.5) is 13.2 Å². The highest BCUT2D eigenvalue weighted by atomic mass is 19.4. The number of carbonyl (C=O) groups is 2. The zero-order valence-electron chi connectivity index (χ0n) is 14.6. The maximum atomic E-state index is 13.5. The van der Waals surface area contributed by atoms with E-state index in [2.05, 4.69) is 15.2 Å². The Morgan fingerprint density at radius 3 is 2.44 bits per heavy atom. The van der Waals surface area contributed by atoms with Crippen molar-refractivity contribution in [3.63, 3.8) is 0 Å². The average Bonchev–Trinajstić information content (AvgIpc) is 3.05. The van der Waals surface area contributed by atoms with Gasteiger partial charge in [0.2, 0.25) is 0 Å². The van der Waals surface area contributed by atoms with Crippen LogP contribution >= 0.6 is 0 Å². The molecule has 1 aromatic carbocycles. The molecule has 10 heteroatoms. The van der Waals surface area contributed by atoms with Crippen molar-refractivity contribution in [2.75, 3.05) is 13.2 Å². The number of hydrogen-bond donors (Lipinski definition) is 2. The molecule has 27 heavy (non-hydrogen) atoms. The summed E-state index contributed by atoms with van der Waals surface area (Å²) in [5.74, 6) is -1.60. The summed E-state index contributed by atoms with van der Waals surface area (Å²) in [6, 6.07) is 5.18. The largest absolute Gasteiger partial charge is 0.462 e. The van der Waals surface area contributed by atoms with E-state index < -0.39 is 35.4 Å². The number of halogens is 3. The number of aliphatic hydroxyl groups is 1. The predicted molar refractivity (Wildman–Crippen MR) is 88.5 cm³/mol. The van der Waals surface area contributed by atoms with Gasteiger partial charge >= 0.3 is 12.1 Å². The quantitative estimate of drug-likeness (QED) is 0.744. The fraction of sp³-hybridized carbons (Fsp3) is 0.353. The zero-order valence-corrected chi connectivity index (χ0v) is 14.6. The Bertz CT molecular complexity index is 814. The Kier molecular flexibility index (Phi) is 6.21. The first-order valence-electron chi connectivity index (χ1n) is 8.04. The van der Waals surface area contributed by atoms with Gasteiger partial charge in [0.25, 0.3) is 5.91 Å². The van der Waals surface area contributed by atoms with Gasteiger partial charge in [-0.3, -0.25) is 4.79 Å². The van der Waals surface area contributed by atoms with Crippen LogP contribution in [0.3, 0.4) is 0 Å². The Morgan fingerprint density at radius 2 is 1.93 bits per heavy atom. The lowest BCUT2D eigenvalue weighted by Gasteiger charge is -2.13. The van der Waals surface area contributed by atoms with Crippen molar-refractivity contribution in [3.8, 4) is 5.69 Å². The van der Waals surface area contributed by atoms with Crippen molar-refractivity contribution in [2.24, 2.45) is 0 Å². The SMILES string of the molecule is CCOC(=O)c1cnn(-c2ccc(C(=O)NCC(C)O)cc2)c1C(F)(F)F. The van der Waals surface area contributed by atoms with Crippen LogP contribution in [0.25, 0.3) is 5.69 Å². The monoisotopic (exact) mass is 385 g/mol. The molecule has 0 aliphatic heterocycles. The fourth-order valence-corrected chi connectivity index (χ4v) is 2.27. The van der Waals surface area contributed by atoms with E-state index in [4.69, 9.17) is 5.11 Å². The molecule has 2 rings (SSSR count). The number of nitrogens with zero attached hydrogens (tertiary/aromatic N) is 2. The molecule has 1 aromatic heterocycles. The number of aromatic nitrogens is 2. The maximum absolute atomic E-state index is 13.5. The molecule has 7 nitrogen and oxygen atoms in total. The topological polar surface area (TPSA) is 93.5 Å². The van der Waals surface area contributed by atoms with E-state index in [1.165, 1.54) is 38.1 Å². The van der Waals surface area contributed by atoms with E-state index in [1.807, 2.05) is 0 Å². The van der Waals surface area contributed by atoms with E-state index in [1.54, 1.807) is 0 Å². The van der Waals surface area contributed by atoms with Crippen LogP contribution in [-0.2, 0) is 10.9 Å². The highest BCUT2D eigenvalue weighted by Crippen LogP contribution is 2.34. The van der Waals surface area contributed by atoms with Crippen molar-refractivity contribution in [1.82, 2.24) is 15.1 Å². The van der Waals surface area contributed by atoms with Gasteiger partial charge in [-0.15, -0.1) is 0 Å². The van der Waals surface area contributed by atoms with Crippen molar-refractivity contribution in [1.29, 1.82) is 0 Å². The Balaban J connectivity index is 2.35. The van der Waals surface area contributed by atoms with E-state index in [9.17, 15) is 22.8 Å². The highest BCUT2D eigenvalue weighted by Gasteiger charge is 2.41. The molecule has 0 spiro atoms. The van der Waals surface area contributed by atoms with Crippen LogP contribution in [-0.4, -0.2) is 46.0 Å². The number of hydrogen-bond acceptors (Lipinski definition) is 5. The molecule has 1 unspecified atom stereocenters. The van der Waals surface area contributed by atoms with E-state index in [0.29, 0.717) is 4.68 Å². The van der Waals surface area contributed by atoms with Crippen molar-refractivity contribution in [3.05, 3.63) is 47.3 Å². The molecule has 0 fully saturated rings. The Labute approximate surface area is 152 Å². The molecule has 1 amide bonds. The third-order valence-electron chi connectivity index (χ3n) is 3.47. The van der Waals surface area contributed by atoms with Crippen LogP contribution < -0.4 is 5.32 Å². The van der Waals surface area contributed by atoms with Crippen LogP contribution in [0.2, 0.25) is 0 Å². The smallest absolute Gasteiger partial charge is 0.434 e. The number of ether oxygens (including phenoxy) is 1. The van der Waals surface area contributed by atoms with Crippen LogP contribution in [0.1, 0.15) is 40.3 Å². The van der Waals surface area contributed by atoms with Crippen LogP contribution in [0.15, 0.2) is 30.5 Å². The second-order valence-electron chi connectivity index (χ2n) is 5.64. The number of alkyl halides is 3. The first kappa shape index (κ1) is 20.4. The first-order chi connectivity index (χ1) is 12.6. The molecular formula is C17H18F3N3O4. The Morgan fingerprint density at radius 1 is 1.30 bits per heavy atom. The molecule has 0 aliphatic carbocycles. The van der Waals surface area contributed by atoms with Gasteiger partial charge in [-0.2, -0.15) is 18.3 Å². The van der Waals surface area contributed by atoms with Crippen molar-refractivity contribution in [2.45, 2.75) is 26.1 Å². The zero-order chi connectivity index (χ0) is 20.2. The number of aliphatic hydroxyl groups excluding tert-OH is 1. The van der Waals surface area contributed by atoms with Gasteiger partial charge < -0.3 is 15.2 Å². The maximum Gasteiger partial charge on any atom is 0.434 e. The number of rotatable bonds is 6. The average molecular weight is 385 g/mol. The normalized spacial score (nSPS) is 12.5. The lowest BCUT2D eigenvalue weighted by molar-refractivity contribution is -0.143. The van der Waals surface area contributed by atoms with Gasteiger partial charge in [-0.1, -0.05) is 0 Å². The number of nitrogens with one attached hydrogen (secondary N) is 1. The molecule has 0 saturated carbocycles. The van der Waals surface area contributed by atoms with Gasteiger partial charge in [0.15, 0.2) is 5.69 Å². The molecule has 0 radical (unpaired) electrons. The van der Waals surface area contributed by atoms with E-state index in [-0.39, 0.29) is 24.4 Å². The van der Waals surface area contributed by atoms with Gasteiger partial charge in [0.05, 0.1) is 24.6 Å². The second-order valence-corrected chi connectivity index (χ2v) is 5.64. The molecule has 0 bridgehead atoms. The number of benzene rings is 1. The number of amides is 1. The van der Waals surface area contributed by atoms with Crippen molar-refractivity contribution < 1.29 is 32.6 Å². The lowest BCUT2D eigenvalue weighted by Crippen LogP contribution is -2.30. The molecule has 0 saturated heterocycles. The van der Waals surface area contributed by atoms with Gasteiger partial charge in [-0.25, -0.2) is 9.48 Å². The van der Waals surface area contributed by atoms with Crippen LogP contribution in [0.5, 0.6) is 0 Å². The molecule has 2 N–H and O–H groups in total. The lowest BCUT2D eigenvalue weighted by atomic mass is 10.1. The van der Waals surface area contributed by atoms with Gasteiger partial charge in [-0.05, 0) is 38.1 Å². The minimum Gasteiger partial charge on any atom is -0.462 e. The van der Waals surface area contributed by atoms with Gasteiger partial charge in [0, 0.05) is 12.1 Å². The Hall–Kier alpha value is -2.88. The second kappa shape index (κ2) is 8.21. The van der Waals surface area contributed by atoms with E-state index in [0.717, 1.165) is 6.20 Å². The summed E-state index contributed by atoms with van der Waals surface area (Å²) in [5, 5.41) is 15.3. The summed E-state index contributed by atoms with van der Waals surface area (Å²) in [4.78, 5) is 23.7. The summed E-state index contributed by atoms with van der Waals surface area (Å²) in [6.07, 6.45) is -4.77. The molecular weight excluding hydrogens is 367 g/mol. The predicted octanol–water partition coefficient (Wildman–Crippen LogP) is 2.18. The van der Waals surface area contributed by atoms with Crippen LogP contribution in [0, 0.1) is 0 Å². The first-order valence-corrected chi connectivity index (χ1v) is 8.04. The molecule has 1 atom stereocenters. The molecule has 2 aromatic rings. The third-order valence-corrected chi connectivity index (χ3v) is 3.47. The molecule has 146 valence electrons. The summed E-state index contributed by atoms with van der Waals surface area (Å²) in [7, 11) is 0. The minimum absolute atomic E-state index is 0.0185. The van der Waals surface area contributed by atoms with E-state index >= 15 is 0 Å². The fourth-order valence-electron chi connectivity index (χ4n) is 2.27. The summed E-state index contributed by atoms with van der Waals surface area (Å²) >= 11 is 0. The summed E-state index contributed by atoms with van der Waals surface area (Å²) in [6.45, 7) is 2.95.